The SMILES string of the molecule is CC(SCc1ccccc1)C(=O)N1CCSCC1CC(=O)O. The van der Waals surface area contributed by atoms with Crippen molar-refractivity contribution >= 4 is 35.4 Å². The Kier molecular flexibility index (Phi) is 6.64. The molecular formula is C16H21NO3S2. The van der Waals surface area contributed by atoms with Gasteiger partial charge < -0.3 is 10.0 Å². The lowest BCUT2D eigenvalue weighted by molar-refractivity contribution is -0.140. The average Bonchev–Trinajstić information content (AvgIpc) is 2.53. The molecular weight excluding hydrogens is 318 g/mol. The average molecular weight is 339 g/mol. The number of thioether (sulfide) groups is 2. The molecule has 0 bridgehead atoms. The van der Waals surface area contributed by atoms with E-state index in [4.69, 9.17) is 5.11 Å². The van der Waals surface area contributed by atoms with Gasteiger partial charge in [-0.05, 0) is 12.5 Å². The van der Waals surface area contributed by atoms with Gasteiger partial charge in [0.25, 0.3) is 0 Å². The van der Waals surface area contributed by atoms with Crippen molar-refractivity contribution in [2.45, 2.75) is 30.4 Å². The van der Waals surface area contributed by atoms with Gasteiger partial charge >= 0.3 is 5.97 Å². The van der Waals surface area contributed by atoms with Crippen molar-refractivity contribution < 1.29 is 14.7 Å². The number of rotatable bonds is 6. The molecule has 6 heteroatoms. The number of carbonyl (C=O) groups excluding carboxylic acids is 1. The van der Waals surface area contributed by atoms with E-state index in [1.165, 1.54) is 5.56 Å². The Labute approximate surface area is 139 Å². The van der Waals surface area contributed by atoms with Gasteiger partial charge in [-0.1, -0.05) is 30.3 Å². The number of hydrogen-bond donors (Lipinski definition) is 1. The van der Waals surface area contributed by atoms with E-state index < -0.39 is 5.97 Å². The highest BCUT2D eigenvalue weighted by Crippen LogP contribution is 2.24. The van der Waals surface area contributed by atoms with Crippen LogP contribution in [-0.4, -0.2) is 51.2 Å². The largest absolute Gasteiger partial charge is 0.481 e. The van der Waals surface area contributed by atoms with Gasteiger partial charge in [0.1, 0.15) is 0 Å². The number of carbonyl (C=O) groups is 2. The number of aliphatic carboxylic acids is 1. The summed E-state index contributed by atoms with van der Waals surface area (Å²) in [4.78, 5) is 25.3. The van der Waals surface area contributed by atoms with Crippen LogP contribution >= 0.6 is 23.5 Å². The van der Waals surface area contributed by atoms with E-state index >= 15 is 0 Å². The smallest absolute Gasteiger partial charge is 0.305 e. The van der Waals surface area contributed by atoms with E-state index in [0.29, 0.717) is 12.3 Å². The number of carboxylic acid groups (broad SMARTS) is 1. The van der Waals surface area contributed by atoms with Crippen molar-refractivity contribution in [2.24, 2.45) is 0 Å². The highest BCUT2D eigenvalue weighted by molar-refractivity contribution is 8.00. The summed E-state index contributed by atoms with van der Waals surface area (Å²) < 4.78 is 0. The molecule has 0 spiro atoms. The van der Waals surface area contributed by atoms with Crippen LogP contribution in [0.2, 0.25) is 0 Å². The Morgan fingerprint density at radius 1 is 1.41 bits per heavy atom. The van der Waals surface area contributed by atoms with E-state index in [1.807, 2.05) is 25.1 Å². The van der Waals surface area contributed by atoms with Gasteiger partial charge in [0.2, 0.25) is 5.91 Å². The van der Waals surface area contributed by atoms with Gasteiger partial charge in [0.15, 0.2) is 0 Å². The molecule has 0 radical (unpaired) electrons. The number of benzene rings is 1. The summed E-state index contributed by atoms with van der Waals surface area (Å²) in [5.74, 6) is 1.62. The third kappa shape index (κ3) is 4.95. The summed E-state index contributed by atoms with van der Waals surface area (Å²) in [6.07, 6.45) is 0.0365. The Morgan fingerprint density at radius 2 is 2.14 bits per heavy atom. The van der Waals surface area contributed by atoms with Crippen LogP contribution < -0.4 is 0 Å². The van der Waals surface area contributed by atoms with Crippen LogP contribution in [0, 0.1) is 0 Å². The molecule has 120 valence electrons. The number of amides is 1. The molecule has 0 aromatic heterocycles. The van der Waals surface area contributed by atoms with Crippen LogP contribution in [0.4, 0.5) is 0 Å². The van der Waals surface area contributed by atoms with Crippen molar-refractivity contribution in [3.8, 4) is 0 Å². The van der Waals surface area contributed by atoms with E-state index in [2.05, 4.69) is 12.1 Å². The summed E-state index contributed by atoms with van der Waals surface area (Å²) in [5.41, 5.74) is 1.20. The molecule has 1 aromatic rings. The van der Waals surface area contributed by atoms with Crippen molar-refractivity contribution in [1.82, 2.24) is 4.90 Å². The normalized spacial score (nSPS) is 19.7. The molecule has 4 nitrogen and oxygen atoms in total. The molecule has 2 atom stereocenters. The molecule has 1 aromatic carbocycles. The summed E-state index contributed by atoms with van der Waals surface area (Å²) in [6, 6.07) is 9.89. The zero-order chi connectivity index (χ0) is 15.9. The lowest BCUT2D eigenvalue weighted by Crippen LogP contribution is -2.49. The third-order valence-corrected chi connectivity index (χ3v) is 5.90. The Hall–Kier alpha value is -1.14. The van der Waals surface area contributed by atoms with E-state index in [0.717, 1.165) is 11.5 Å². The van der Waals surface area contributed by atoms with Crippen LogP contribution in [0.5, 0.6) is 0 Å². The molecule has 1 aliphatic heterocycles. The van der Waals surface area contributed by atoms with Gasteiger partial charge in [-0.25, -0.2) is 0 Å². The Morgan fingerprint density at radius 3 is 2.82 bits per heavy atom. The second-order valence-corrected chi connectivity index (χ2v) is 7.78. The highest BCUT2D eigenvalue weighted by Gasteiger charge is 2.31. The molecule has 1 amide bonds. The third-order valence-electron chi connectivity index (χ3n) is 3.61. The molecule has 0 aliphatic carbocycles. The minimum absolute atomic E-state index is 0.0365. The highest BCUT2D eigenvalue weighted by atomic mass is 32.2. The first kappa shape index (κ1) is 17.2. The van der Waals surface area contributed by atoms with Crippen LogP contribution in [0.25, 0.3) is 0 Å². The van der Waals surface area contributed by atoms with Crippen molar-refractivity contribution in [3.63, 3.8) is 0 Å². The van der Waals surface area contributed by atoms with Crippen LogP contribution in [-0.2, 0) is 15.3 Å². The molecule has 1 N–H and O–H groups in total. The van der Waals surface area contributed by atoms with Gasteiger partial charge in [0.05, 0.1) is 17.7 Å². The topological polar surface area (TPSA) is 57.6 Å². The first-order chi connectivity index (χ1) is 10.6. The number of carboxylic acids is 1. The van der Waals surface area contributed by atoms with E-state index in [9.17, 15) is 9.59 Å². The van der Waals surface area contributed by atoms with Crippen molar-refractivity contribution in [3.05, 3.63) is 35.9 Å². The minimum atomic E-state index is -0.838. The quantitative estimate of drug-likeness (QED) is 0.863. The number of hydrogen-bond acceptors (Lipinski definition) is 4. The molecule has 0 saturated carbocycles. The van der Waals surface area contributed by atoms with Crippen molar-refractivity contribution in [2.75, 3.05) is 18.1 Å². The van der Waals surface area contributed by atoms with Crippen LogP contribution in [0.1, 0.15) is 18.9 Å². The second-order valence-electron chi connectivity index (χ2n) is 5.30. The lowest BCUT2D eigenvalue weighted by atomic mass is 10.2. The summed E-state index contributed by atoms with van der Waals surface area (Å²) >= 11 is 3.33. The maximum absolute atomic E-state index is 12.6. The zero-order valence-corrected chi connectivity index (χ0v) is 14.2. The van der Waals surface area contributed by atoms with E-state index in [-0.39, 0.29) is 23.6 Å². The lowest BCUT2D eigenvalue weighted by Gasteiger charge is -2.36. The molecule has 2 unspecified atom stereocenters. The van der Waals surface area contributed by atoms with Gasteiger partial charge in [0, 0.05) is 23.8 Å². The van der Waals surface area contributed by atoms with Crippen LogP contribution in [0.3, 0.4) is 0 Å². The predicted octanol–water partition coefficient (Wildman–Crippen LogP) is 2.73. The van der Waals surface area contributed by atoms with Crippen LogP contribution in [0.15, 0.2) is 30.3 Å². The Balaban J connectivity index is 1.91. The first-order valence-corrected chi connectivity index (χ1v) is 9.54. The van der Waals surface area contributed by atoms with Gasteiger partial charge in [-0.15, -0.1) is 11.8 Å². The summed E-state index contributed by atoms with van der Waals surface area (Å²) in [5, 5.41) is 8.85. The fourth-order valence-corrected chi connectivity index (χ4v) is 4.39. The Bertz CT molecular complexity index is 509. The minimum Gasteiger partial charge on any atom is -0.481 e. The molecule has 22 heavy (non-hydrogen) atoms. The van der Waals surface area contributed by atoms with Gasteiger partial charge in [-0.3, -0.25) is 9.59 Å². The summed E-state index contributed by atoms with van der Waals surface area (Å²) in [7, 11) is 0. The molecule has 2 rings (SSSR count). The molecule has 1 aliphatic rings. The number of nitrogens with zero attached hydrogens (tertiary/aromatic N) is 1. The maximum Gasteiger partial charge on any atom is 0.305 e. The monoisotopic (exact) mass is 339 g/mol. The van der Waals surface area contributed by atoms with Gasteiger partial charge in [-0.2, -0.15) is 11.8 Å². The predicted molar refractivity (Wildman–Crippen MR) is 92.3 cm³/mol. The standard InChI is InChI=1S/C16H21NO3S2/c1-12(22-10-13-5-3-2-4-6-13)16(20)17-7-8-21-11-14(17)9-15(18)19/h2-6,12,14H,7-11H2,1H3,(H,18,19). The van der Waals surface area contributed by atoms with Crippen molar-refractivity contribution in [1.29, 1.82) is 0 Å². The molecule has 1 saturated heterocycles. The molecule has 1 fully saturated rings. The molecule has 1 heterocycles. The maximum atomic E-state index is 12.6. The summed E-state index contributed by atoms with van der Waals surface area (Å²) in [6.45, 7) is 2.56. The second kappa shape index (κ2) is 8.48. The van der Waals surface area contributed by atoms with E-state index in [1.54, 1.807) is 28.4 Å². The zero-order valence-electron chi connectivity index (χ0n) is 12.6. The fraction of sp³-hybridized carbons (Fsp3) is 0.500. The first-order valence-electron chi connectivity index (χ1n) is 7.33. The fourth-order valence-electron chi connectivity index (χ4n) is 2.42.